The number of hydrogen-bond acceptors (Lipinski definition) is 5. The number of rotatable bonds is 10. The van der Waals surface area contributed by atoms with Crippen LogP contribution in [-0.2, 0) is 11.8 Å². The number of aromatic hydroxyl groups is 1. The smallest absolute Gasteiger partial charge is 0.180 e. The van der Waals surface area contributed by atoms with Gasteiger partial charge in [0.25, 0.3) is 0 Å². The summed E-state index contributed by atoms with van der Waals surface area (Å²) in [7, 11) is 0. The van der Waals surface area contributed by atoms with Crippen LogP contribution in [0.25, 0.3) is 11.1 Å². The van der Waals surface area contributed by atoms with Gasteiger partial charge >= 0.3 is 0 Å². The van der Waals surface area contributed by atoms with Crippen molar-refractivity contribution in [1.29, 1.82) is 0 Å². The largest absolute Gasteiger partial charge is 0.507 e. The maximum atomic E-state index is 10.6. The van der Waals surface area contributed by atoms with Crippen LogP contribution in [0, 0.1) is 6.92 Å². The van der Waals surface area contributed by atoms with Crippen molar-refractivity contribution < 1.29 is 9.84 Å². The number of ether oxygens (including phenoxy) is 1. The van der Waals surface area contributed by atoms with Gasteiger partial charge in [0.2, 0.25) is 0 Å². The second-order valence-corrected chi connectivity index (χ2v) is 8.48. The van der Waals surface area contributed by atoms with Crippen LogP contribution in [0.5, 0.6) is 11.5 Å². The molecule has 2 N–H and O–H groups in total. The van der Waals surface area contributed by atoms with Crippen molar-refractivity contribution in [1.82, 2.24) is 20.6 Å². The predicted octanol–water partition coefficient (Wildman–Crippen LogP) is 4.60. The van der Waals surface area contributed by atoms with Gasteiger partial charge in [-0.25, -0.2) is 0 Å². The van der Waals surface area contributed by atoms with E-state index in [9.17, 15) is 5.11 Å². The van der Waals surface area contributed by atoms with Crippen LogP contribution in [-0.4, -0.2) is 91.5 Å². The number of phenols is 1. The molecule has 0 saturated carbocycles. The Labute approximate surface area is 235 Å². The Morgan fingerprint density at radius 2 is 1.75 bits per heavy atom. The van der Waals surface area contributed by atoms with Gasteiger partial charge in [-0.1, -0.05) is 68.7 Å². The summed E-state index contributed by atoms with van der Waals surface area (Å²) in [6.45, 7) is 9.09. The molecule has 0 aliphatic carbocycles. The van der Waals surface area contributed by atoms with Crippen molar-refractivity contribution in [2.24, 2.45) is 0 Å². The van der Waals surface area contributed by atoms with Crippen LogP contribution in [0.15, 0.2) is 36.4 Å². The van der Waals surface area contributed by atoms with Crippen molar-refractivity contribution in [2.75, 3.05) is 6.61 Å². The van der Waals surface area contributed by atoms with E-state index in [4.69, 9.17) is 4.74 Å². The number of aromatic nitrogens is 4. The van der Waals surface area contributed by atoms with Crippen molar-refractivity contribution in [3.8, 4) is 22.6 Å². The molecule has 0 aliphatic rings. The monoisotopic (exact) mass is 454 g/mol. The predicted molar refractivity (Wildman–Crippen MR) is 130 cm³/mol. The molecule has 2 radical (unpaired) electrons. The van der Waals surface area contributed by atoms with Crippen molar-refractivity contribution in [3.63, 3.8) is 0 Å². The second kappa shape index (κ2) is 13.7. The van der Waals surface area contributed by atoms with E-state index in [1.165, 1.54) is 5.56 Å². The molecule has 0 amide bonds. The van der Waals surface area contributed by atoms with Crippen molar-refractivity contribution in [3.05, 3.63) is 53.3 Å². The van der Waals surface area contributed by atoms with Crippen molar-refractivity contribution in [2.45, 2.75) is 65.2 Å². The molecule has 32 heavy (non-hydrogen) atoms. The number of nitrogens with zero attached hydrogens (tertiary/aromatic N) is 3. The van der Waals surface area contributed by atoms with E-state index in [0.29, 0.717) is 6.61 Å². The summed E-state index contributed by atoms with van der Waals surface area (Å²) in [5, 5.41) is 25.0. The number of hydrogen-bond donors (Lipinski definition) is 2. The van der Waals surface area contributed by atoms with Crippen LogP contribution >= 0.6 is 0 Å². The van der Waals surface area contributed by atoms with E-state index in [0.717, 1.165) is 60.4 Å². The van der Waals surface area contributed by atoms with Crippen LogP contribution in [0.2, 0.25) is 0 Å². The van der Waals surface area contributed by atoms with E-state index in [1.807, 2.05) is 18.2 Å². The van der Waals surface area contributed by atoms with Gasteiger partial charge in [0.15, 0.2) is 5.82 Å². The van der Waals surface area contributed by atoms with E-state index in [-0.39, 0.29) is 70.3 Å². The summed E-state index contributed by atoms with van der Waals surface area (Å²) < 4.78 is 6.02. The fourth-order valence-corrected chi connectivity index (χ4v) is 3.58. The van der Waals surface area contributed by atoms with Gasteiger partial charge in [-0.3, -0.25) is 0 Å². The summed E-state index contributed by atoms with van der Waals surface area (Å²) in [4.78, 5) is 0. The molecular formula is C24H32N4Na2O2. The first-order chi connectivity index (χ1) is 14.4. The number of tetrazole rings is 1. The Morgan fingerprint density at radius 3 is 2.38 bits per heavy atom. The minimum Gasteiger partial charge on any atom is -0.507 e. The standard InChI is InChI=1S/C24H32N4O2.2Na/c1-5-18-15-20(19-11-9-17(2)10-12-19)21(29)16-22(18)30-14-8-6-7-13-24(3,4)23-25-27-28-26-23;;/h9-12,15-16,29H,5-8,13-14H2,1-4H3,(H,25,26,27,28);;. The average Bonchev–Trinajstić information content (AvgIpc) is 3.27. The van der Waals surface area contributed by atoms with Gasteiger partial charge in [0.05, 0.1) is 6.61 Å². The van der Waals surface area contributed by atoms with Gasteiger partial charge in [0.1, 0.15) is 11.5 Å². The first-order valence-corrected chi connectivity index (χ1v) is 10.7. The summed E-state index contributed by atoms with van der Waals surface area (Å²) in [6, 6.07) is 12.0. The number of aryl methyl sites for hydroxylation is 2. The summed E-state index contributed by atoms with van der Waals surface area (Å²) in [5.74, 6) is 1.79. The Morgan fingerprint density at radius 1 is 1.03 bits per heavy atom. The molecule has 0 spiro atoms. The molecule has 0 saturated heterocycles. The second-order valence-electron chi connectivity index (χ2n) is 8.48. The zero-order valence-corrected chi connectivity index (χ0v) is 24.4. The first kappa shape index (κ1) is 29.1. The number of aromatic amines is 1. The van der Waals surface area contributed by atoms with Gasteiger partial charge in [-0.15, -0.1) is 10.2 Å². The van der Waals surface area contributed by atoms with Crippen LogP contribution < -0.4 is 4.74 Å². The number of nitrogens with one attached hydrogen (secondary N) is 1. The third-order valence-corrected chi connectivity index (χ3v) is 5.58. The fourth-order valence-electron chi connectivity index (χ4n) is 3.58. The molecule has 6 nitrogen and oxygen atoms in total. The maximum absolute atomic E-state index is 10.6. The molecule has 3 aromatic rings. The van der Waals surface area contributed by atoms with E-state index < -0.39 is 0 Å². The maximum Gasteiger partial charge on any atom is 0.180 e. The molecule has 3 rings (SSSR count). The van der Waals surface area contributed by atoms with E-state index in [1.54, 1.807) is 6.07 Å². The summed E-state index contributed by atoms with van der Waals surface area (Å²) in [6.07, 6.45) is 4.96. The minimum absolute atomic E-state index is 0. The van der Waals surface area contributed by atoms with Crippen LogP contribution in [0.1, 0.15) is 63.4 Å². The Hall–Kier alpha value is -0.890. The number of phenolic OH excluding ortho intramolecular Hbond substituents is 1. The topological polar surface area (TPSA) is 83.9 Å². The molecule has 162 valence electrons. The minimum atomic E-state index is -0.0825. The molecule has 0 aliphatic heterocycles. The molecule has 1 heterocycles. The quantitative estimate of drug-likeness (QED) is 0.346. The normalized spacial score (nSPS) is 10.9. The third-order valence-electron chi connectivity index (χ3n) is 5.58. The van der Waals surface area contributed by atoms with Gasteiger partial charge in [0, 0.05) is 76.2 Å². The summed E-state index contributed by atoms with van der Waals surface area (Å²) >= 11 is 0. The zero-order chi connectivity index (χ0) is 21.6. The number of H-pyrrole nitrogens is 1. The number of benzene rings is 2. The summed E-state index contributed by atoms with van der Waals surface area (Å²) in [5.41, 5.74) is 4.10. The van der Waals surface area contributed by atoms with E-state index in [2.05, 4.69) is 60.5 Å². The molecule has 0 unspecified atom stereocenters. The molecule has 8 heteroatoms. The van der Waals surface area contributed by atoms with Gasteiger partial charge in [-0.2, -0.15) is 5.21 Å². The van der Waals surface area contributed by atoms with Crippen LogP contribution in [0.3, 0.4) is 0 Å². The van der Waals surface area contributed by atoms with E-state index >= 15 is 0 Å². The third kappa shape index (κ3) is 7.86. The van der Waals surface area contributed by atoms with Gasteiger partial charge < -0.3 is 9.84 Å². The molecule has 0 fully saturated rings. The molecular weight excluding hydrogens is 422 g/mol. The zero-order valence-electron chi connectivity index (χ0n) is 20.4. The molecule has 0 atom stereocenters. The van der Waals surface area contributed by atoms with Crippen molar-refractivity contribution >= 4 is 59.1 Å². The Balaban J connectivity index is 0.00000256. The SMILES string of the molecule is CCc1cc(-c2ccc(C)cc2)c(O)cc1OCCCCCC(C)(C)c1nn[nH]n1.[Na].[Na]. The van der Waals surface area contributed by atoms with Crippen LogP contribution in [0.4, 0.5) is 0 Å². The average molecular weight is 455 g/mol. The Kier molecular flexibility index (Phi) is 12.5. The molecule has 0 bridgehead atoms. The first-order valence-electron chi connectivity index (χ1n) is 10.7. The van der Waals surface area contributed by atoms with Gasteiger partial charge in [-0.05, 0) is 43.4 Å². The Bertz CT molecular complexity index is 945. The molecule has 1 aromatic heterocycles. The molecule has 2 aromatic carbocycles. The fraction of sp³-hybridized carbons (Fsp3) is 0.458. The number of unbranched alkanes of at least 4 members (excludes halogenated alkanes) is 2.